The van der Waals surface area contributed by atoms with Crippen LogP contribution in [0.15, 0.2) is 24.3 Å². The fourth-order valence-corrected chi connectivity index (χ4v) is 1.75. The Kier molecular flexibility index (Phi) is 2.22. The molecule has 1 aromatic rings. The highest BCUT2D eigenvalue weighted by Crippen LogP contribution is 2.31. The van der Waals surface area contributed by atoms with Crippen LogP contribution in [0.1, 0.15) is 24.2 Å². The van der Waals surface area contributed by atoms with Crippen LogP contribution in [0.4, 0.5) is 5.69 Å². The molecule has 4 nitrogen and oxygen atoms in total. The highest BCUT2D eigenvalue weighted by molar-refractivity contribution is 6.09. The SMILES string of the molecule is CC1(C)CN(C(=O)c2ccc(N)cc2)C1=O. The molecule has 0 saturated carbocycles. The topological polar surface area (TPSA) is 63.4 Å². The van der Waals surface area contributed by atoms with Gasteiger partial charge in [0.15, 0.2) is 0 Å². The van der Waals surface area contributed by atoms with E-state index in [1.54, 1.807) is 24.3 Å². The zero-order valence-electron chi connectivity index (χ0n) is 9.36. The number of hydrogen-bond donors (Lipinski definition) is 1. The molecule has 0 atom stereocenters. The lowest BCUT2D eigenvalue weighted by molar-refractivity contribution is -0.151. The van der Waals surface area contributed by atoms with Gasteiger partial charge in [-0.15, -0.1) is 0 Å². The average molecular weight is 218 g/mol. The first kappa shape index (κ1) is 10.7. The summed E-state index contributed by atoms with van der Waals surface area (Å²) < 4.78 is 0. The second-order valence-electron chi connectivity index (χ2n) is 4.70. The van der Waals surface area contributed by atoms with Gasteiger partial charge in [-0.3, -0.25) is 14.5 Å². The largest absolute Gasteiger partial charge is 0.399 e. The minimum atomic E-state index is -0.399. The molecule has 4 heteroatoms. The Labute approximate surface area is 94.0 Å². The van der Waals surface area contributed by atoms with Gasteiger partial charge in [0.2, 0.25) is 5.91 Å². The van der Waals surface area contributed by atoms with Crippen molar-refractivity contribution < 1.29 is 9.59 Å². The van der Waals surface area contributed by atoms with Gasteiger partial charge in [0.25, 0.3) is 5.91 Å². The van der Waals surface area contributed by atoms with Crippen molar-refractivity contribution in [2.75, 3.05) is 12.3 Å². The second kappa shape index (κ2) is 3.33. The van der Waals surface area contributed by atoms with E-state index < -0.39 is 5.41 Å². The second-order valence-corrected chi connectivity index (χ2v) is 4.70. The summed E-state index contributed by atoms with van der Waals surface area (Å²) in [5.74, 6) is -0.362. The summed E-state index contributed by atoms with van der Waals surface area (Å²) in [4.78, 5) is 24.8. The Morgan fingerprint density at radius 2 is 1.88 bits per heavy atom. The smallest absolute Gasteiger partial charge is 0.260 e. The van der Waals surface area contributed by atoms with Crippen molar-refractivity contribution in [3.8, 4) is 0 Å². The number of nitrogen functional groups attached to an aromatic ring is 1. The van der Waals surface area contributed by atoms with Crippen molar-refractivity contribution in [1.29, 1.82) is 0 Å². The molecule has 0 aromatic heterocycles. The number of carbonyl (C=O) groups is 2. The van der Waals surface area contributed by atoms with Gasteiger partial charge in [0, 0.05) is 17.8 Å². The molecule has 2 rings (SSSR count). The summed E-state index contributed by atoms with van der Waals surface area (Å²) in [6, 6.07) is 6.58. The number of nitrogens with two attached hydrogens (primary N) is 1. The molecule has 1 aliphatic rings. The maximum Gasteiger partial charge on any atom is 0.260 e. The van der Waals surface area contributed by atoms with Gasteiger partial charge in [-0.1, -0.05) is 0 Å². The van der Waals surface area contributed by atoms with Gasteiger partial charge in [-0.05, 0) is 38.1 Å². The van der Waals surface area contributed by atoms with Crippen molar-refractivity contribution >= 4 is 17.5 Å². The maximum atomic E-state index is 11.9. The molecule has 0 spiro atoms. The van der Waals surface area contributed by atoms with E-state index in [0.717, 1.165) is 0 Å². The third kappa shape index (κ3) is 1.56. The van der Waals surface area contributed by atoms with Crippen LogP contribution < -0.4 is 5.73 Å². The third-order valence-electron chi connectivity index (χ3n) is 2.78. The number of imide groups is 1. The van der Waals surface area contributed by atoms with Crippen LogP contribution in [0.3, 0.4) is 0 Å². The Morgan fingerprint density at radius 3 is 2.31 bits per heavy atom. The predicted molar refractivity (Wildman–Crippen MR) is 60.7 cm³/mol. The first-order valence-corrected chi connectivity index (χ1v) is 5.14. The number of nitrogens with zero attached hydrogens (tertiary/aromatic N) is 1. The molecule has 1 aromatic carbocycles. The molecule has 2 amide bonds. The van der Waals surface area contributed by atoms with Crippen LogP contribution >= 0.6 is 0 Å². The van der Waals surface area contributed by atoms with Crippen molar-refractivity contribution in [3.05, 3.63) is 29.8 Å². The van der Waals surface area contributed by atoms with Gasteiger partial charge in [0.05, 0.1) is 5.41 Å². The van der Waals surface area contributed by atoms with Crippen LogP contribution in [0.2, 0.25) is 0 Å². The number of hydrogen-bond acceptors (Lipinski definition) is 3. The lowest BCUT2D eigenvalue weighted by atomic mass is 9.82. The van der Waals surface area contributed by atoms with Crippen molar-refractivity contribution in [3.63, 3.8) is 0 Å². The van der Waals surface area contributed by atoms with E-state index in [2.05, 4.69) is 0 Å². The van der Waals surface area contributed by atoms with Crippen LogP contribution in [0.25, 0.3) is 0 Å². The molecule has 1 fully saturated rings. The number of benzene rings is 1. The number of likely N-dealkylation sites (tertiary alicyclic amines) is 1. The quantitative estimate of drug-likeness (QED) is 0.438. The monoisotopic (exact) mass is 218 g/mol. The zero-order valence-corrected chi connectivity index (χ0v) is 9.36. The third-order valence-corrected chi connectivity index (χ3v) is 2.78. The van der Waals surface area contributed by atoms with E-state index in [1.807, 2.05) is 13.8 Å². The molecule has 0 aliphatic carbocycles. The van der Waals surface area contributed by atoms with Gasteiger partial charge < -0.3 is 5.73 Å². The van der Waals surface area contributed by atoms with E-state index in [9.17, 15) is 9.59 Å². The Bertz CT molecular complexity index is 449. The molecule has 84 valence electrons. The van der Waals surface area contributed by atoms with Crippen LogP contribution in [-0.2, 0) is 4.79 Å². The normalized spacial score (nSPS) is 18.1. The first-order valence-electron chi connectivity index (χ1n) is 5.14. The first-order chi connectivity index (χ1) is 7.42. The van der Waals surface area contributed by atoms with Crippen molar-refractivity contribution in [2.24, 2.45) is 5.41 Å². The number of carbonyl (C=O) groups excluding carboxylic acids is 2. The lowest BCUT2D eigenvalue weighted by Gasteiger charge is -2.42. The molecule has 16 heavy (non-hydrogen) atoms. The molecule has 1 heterocycles. The van der Waals surface area contributed by atoms with E-state index in [4.69, 9.17) is 5.73 Å². The van der Waals surface area contributed by atoms with Gasteiger partial charge in [-0.2, -0.15) is 0 Å². The molecule has 1 saturated heterocycles. The maximum absolute atomic E-state index is 11.9. The molecule has 1 aliphatic heterocycles. The van der Waals surface area contributed by atoms with E-state index in [1.165, 1.54) is 4.90 Å². The average Bonchev–Trinajstić information content (AvgIpc) is 2.26. The summed E-state index contributed by atoms with van der Waals surface area (Å²) in [6.45, 7) is 4.15. The summed E-state index contributed by atoms with van der Waals surface area (Å²) in [5.41, 5.74) is 6.23. The number of rotatable bonds is 1. The summed E-state index contributed by atoms with van der Waals surface area (Å²) in [7, 11) is 0. The molecular weight excluding hydrogens is 204 g/mol. The highest BCUT2D eigenvalue weighted by atomic mass is 16.2. The Balaban J connectivity index is 2.16. The van der Waals surface area contributed by atoms with E-state index >= 15 is 0 Å². The van der Waals surface area contributed by atoms with Gasteiger partial charge in [0.1, 0.15) is 0 Å². The summed E-state index contributed by atoms with van der Waals surface area (Å²) >= 11 is 0. The highest BCUT2D eigenvalue weighted by Gasteiger charge is 2.47. The standard InChI is InChI=1S/C12H14N2O2/c1-12(2)7-14(11(12)16)10(15)8-3-5-9(13)6-4-8/h3-6H,7,13H2,1-2H3. The molecule has 0 unspecified atom stereocenters. The minimum Gasteiger partial charge on any atom is -0.399 e. The van der Waals surface area contributed by atoms with Crippen LogP contribution in [-0.4, -0.2) is 23.3 Å². The van der Waals surface area contributed by atoms with E-state index in [-0.39, 0.29) is 11.8 Å². The number of amides is 2. The Morgan fingerprint density at radius 1 is 1.31 bits per heavy atom. The van der Waals surface area contributed by atoms with Gasteiger partial charge in [-0.25, -0.2) is 0 Å². The summed E-state index contributed by atoms with van der Waals surface area (Å²) in [5, 5.41) is 0. The van der Waals surface area contributed by atoms with Crippen molar-refractivity contribution in [2.45, 2.75) is 13.8 Å². The summed E-state index contributed by atoms with van der Waals surface area (Å²) in [6.07, 6.45) is 0. The van der Waals surface area contributed by atoms with E-state index in [0.29, 0.717) is 17.8 Å². The zero-order chi connectivity index (χ0) is 11.9. The minimum absolute atomic E-state index is 0.116. The lowest BCUT2D eigenvalue weighted by Crippen LogP contribution is -2.60. The van der Waals surface area contributed by atoms with Gasteiger partial charge >= 0.3 is 0 Å². The van der Waals surface area contributed by atoms with Crippen LogP contribution in [0.5, 0.6) is 0 Å². The fourth-order valence-electron chi connectivity index (χ4n) is 1.75. The Hall–Kier alpha value is -1.84. The molecular formula is C12H14N2O2. The molecule has 0 radical (unpaired) electrons. The molecule has 2 N–H and O–H groups in total. The fraction of sp³-hybridized carbons (Fsp3) is 0.333. The van der Waals surface area contributed by atoms with Crippen molar-refractivity contribution in [1.82, 2.24) is 4.90 Å². The number of anilines is 1. The van der Waals surface area contributed by atoms with Crippen LogP contribution in [0, 0.1) is 5.41 Å². The predicted octanol–water partition coefficient (Wildman–Crippen LogP) is 1.28. The number of β-lactam (4-membered cyclic amide) rings is 1. The molecule has 0 bridgehead atoms.